The Balaban J connectivity index is 1.67. The molecule has 4 nitrogen and oxygen atoms in total. The van der Waals surface area contributed by atoms with Crippen LogP contribution in [0.2, 0.25) is 0 Å². The van der Waals surface area contributed by atoms with Crippen LogP contribution in [0.1, 0.15) is 59.7 Å². The van der Waals surface area contributed by atoms with Gasteiger partial charge in [0.2, 0.25) is 0 Å². The summed E-state index contributed by atoms with van der Waals surface area (Å²) in [5, 5.41) is 11.4. The summed E-state index contributed by atoms with van der Waals surface area (Å²) < 4.78 is 0.775. The number of aryl methyl sites for hydroxylation is 2. The first-order chi connectivity index (χ1) is 13.4. The third-order valence-electron chi connectivity index (χ3n) is 5.83. The Hall–Kier alpha value is -1.98. The summed E-state index contributed by atoms with van der Waals surface area (Å²) in [5.41, 5.74) is 2.48. The van der Waals surface area contributed by atoms with Gasteiger partial charge in [-0.3, -0.25) is 9.59 Å². The van der Waals surface area contributed by atoms with Crippen LogP contribution in [0, 0.1) is 0 Å². The van der Waals surface area contributed by atoms with Gasteiger partial charge in [-0.05, 0) is 67.5 Å². The fourth-order valence-corrected chi connectivity index (χ4v) is 4.74. The van der Waals surface area contributed by atoms with Crippen molar-refractivity contribution in [3.8, 4) is 0 Å². The number of carbonyl (C=O) groups is 2. The minimum Gasteiger partial charge on any atom is -0.375 e. The fraction of sp³-hybridized carbons (Fsp3) is 0.391. The largest absolute Gasteiger partial charge is 0.375 e. The maximum Gasteiger partial charge on any atom is 0.264 e. The first kappa shape index (κ1) is 19.3. The number of aliphatic hydroxyl groups is 1. The number of nitrogens with zero attached hydrogens (tertiary/aromatic N) is 1. The third-order valence-corrected chi connectivity index (χ3v) is 6.32. The molecule has 1 N–H and O–H groups in total. The van der Waals surface area contributed by atoms with E-state index >= 15 is 0 Å². The molecule has 5 heteroatoms. The number of Topliss-reactive ketones (excluding diaryl/α,β-unsaturated/α-hetero) is 1. The predicted octanol–water partition coefficient (Wildman–Crippen LogP) is 4.55. The van der Waals surface area contributed by atoms with Crippen molar-refractivity contribution < 1.29 is 14.7 Å². The molecule has 28 heavy (non-hydrogen) atoms. The molecule has 1 atom stereocenters. The van der Waals surface area contributed by atoms with Crippen molar-refractivity contribution in [2.24, 2.45) is 0 Å². The van der Waals surface area contributed by atoms with Crippen LogP contribution in [-0.2, 0) is 23.2 Å². The Morgan fingerprint density at radius 1 is 1.14 bits per heavy atom. The molecule has 2 aromatic rings. The first-order valence-corrected chi connectivity index (χ1v) is 10.7. The maximum atomic E-state index is 13.1. The van der Waals surface area contributed by atoms with Crippen LogP contribution in [0.4, 0.5) is 5.69 Å². The monoisotopic (exact) mass is 441 g/mol. The van der Waals surface area contributed by atoms with Gasteiger partial charge in [-0.15, -0.1) is 0 Å². The summed E-state index contributed by atoms with van der Waals surface area (Å²) in [5.74, 6) is -0.609. The molecular formula is C23H24BrNO3. The van der Waals surface area contributed by atoms with Crippen LogP contribution in [0.5, 0.6) is 0 Å². The second-order valence-corrected chi connectivity index (χ2v) is 8.68. The number of rotatable bonds is 5. The Bertz CT molecular complexity index is 955. The molecule has 2 aromatic carbocycles. The van der Waals surface area contributed by atoms with Gasteiger partial charge in [0.25, 0.3) is 5.91 Å². The van der Waals surface area contributed by atoms with Crippen LogP contribution in [-0.4, -0.2) is 23.3 Å². The molecule has 1 heterocycles. The summed E-state index contributed by atoms with van der Waals surface area (Å²) in [6.45, 7) is 2.50. The Morgan fingerprint density at radius 3 is 2.64 bits per heavy atom. The molecule has 0 aromatic heterocycles. The minimum atomic E-state index is -1.82. The zero-order chi connectivity index (χ0) is 19.9. The van der Waals surface area contributed by atoms with E-state index in [1.165, 1.54) is 17.5 Å². The third kappa shape index (κ3) is 3.20. The summed E-state index contributed by atoms with van der Waals surface area (Å²) in [6.07, 6.45) is 4.90. The molecule has 0 unspecified atom stereocenters. The number of ketones is 1. The Labute approximate surface area is 173 Å². The molecule has 2 aliphatic rings. The highest BCUT2D eigenvalue weighted by atomic mass is 79.9. The predicted molar refractivity (Wildman–Crippen MR) is 113 cm³/mol. The number of fused-ring (bicyclic) bond motifs is 2. The van der Waals surface area contributed by atoms with Gasteiger partial charge in [-0.2, -0.15) is 0 Å². The van der Waals surface area contributed by atoms with E-state index in [0.29, 0.717) is 23.4 Å². The van der Waals surface area contributed by atoms with Crippen LogP contribution < -0.4 is 4.90 Å². The molecule has 0 spiro atoms. The molecule has 4 rings (SSSR count). The molecule has 1 aliphatic heterocycles. The lowest BCUT2D eigenvalue weighted by molar-refractivity contribution is -0.135. The van der Waals surface area contributed by atoms with Crippen molar-refractivity contribution in [2.45, 2.75) is 51.0 Å². The number of benzene rings is 2. The molecule has 0 saturated carbocycles. The SMILES string of the molecule is CCCN1C(=O)[C@@](O)(CC(=O)c2ccc3c(c2)CCCC3)c2cc(Br)ccc21. The molecule has 1 amide bonds. The topological polar surface area (TPSA) is 57.6 Å². The van der Waals surface area contributed by atoms with Gasteiger partial charge >= 0.3 is 0 Å². The summed E-state index contributed by atoms with van der Waals surface area (Å²) in [4.78, 5) is 27.7. The molecular weight excluding hydrogens is 418 g/mol. The van der Waals surface area contributed by atoms with Gasteiger partial charge in [0, 0.05) is 22.1 Å². The molecule has 146 valence electrons. The highest BCUT2D eigenvalue weighted by molar-refractivity contribution is 9.10. The van der Waals surface area contributed by atoms with E-state index in [1.807, 2.05) is 37.3 Å². The van der Waals surface area contributed by atoms with Crippen LogP contribution in [0.25, 0.3) is 0 Å². The Kier molecular flexibility index (Phi) is 5.15. The number of amides is 1. The number of carbonyl (C=O) groups excluding carboxylic acids is 2. The van der Waals surface area contributed by atoms with E-state index in [1.54, 1.807) is 11.0 Å². The van der Waals surface area contributed by atoms with E-state index in [9.17, 15) is 14.7 Å². The first-order valence-electron chi connectivity index (χ1n) is 9.93. The summed E-state index contributed by atoms with van der Waals surface area (Å²) >= 11 is 3.42. The summed E-state index contributed by atoms with van der Waals surface area (Å²) in [7, 11) is 0. The molecule has 1 aliphatic carbocycles. The number of hydrogen-bond donors (Lipinski definition) is 1. The van der Waals surface area contributed by atoms with Gasteiger partial charge in [0.05, 0.1) is 12.1 Å². The molecule has 0 fully saturated rings. The van der Waals surface area contributed by atoms with Crippen LogP contribution >= 0.6 is 15.9 Å². The molecule has 0 bridgehead atoms. The minimum absolute atomic E-state index is 0.200. The van der Waals surface area contributed by atoms with Crippen LogP contribution in [0.3, 0.4) is 0 Å². The lowest BCUT2D eigenvalue weighted by Gasteiger charge is -2.23. The average Bonchev–Trinajstić information content (AvgIpc) is 2.89. The lowest BCUT2D eigenvalue weighted by atomic mass is 9.85. The van der Waals surface area contributed by atoms with Crippen molar-refractivity contribution in [3.63, 3.8) is 0 Å². The Morgan fingerprint density at radius 2 is 1.89 bits per heavy atom. The zero-order valence-corrected chi connectivity index (χ0v) is 17.6. The van der Waals surface area contributed by atoms with Crippen molar-refractivity contribution in [2.75, 3.05) is 11.4 Å². The number of halogens is 1. The summed E-state index contributed by atoms with van der Waals surface area (Å²) in [6, 6.07) is 11.2. The van der Waals surface area contributed by atoms with Gasteiger partial charge in [0.15, 0.2) is 11.4 Å². The quantitative estimate of drug-likeness (QED) is 0.692. The van der Waals surface area contributed by atoms with Gasteiger partial charge in [0.1, 0.15) is 0 Å². The lowest BCUT2D eigenvalue weighted by Crippen LogP contribution is -2.42. The standard InChI is InChI=1S/C23H24BrNO3/c1-2-11-25-20-10-9-18(24)13-19(20)23(28,22(25)27)14-21(26)17-8-7-15-5-3-4-6-16(15)12-17/h7-10,12-13,28H,2-6,11,14H2,1H3/t23-/m1/s1. The highest BCUT2D eigenvalue weighted by Gasteiger charge is 2.50. The van der Waals surface area contributed by atoms with E-state index < -0.39 is 11.5 Å². The average molecular weight is 442 g/mol. The van der Waals surface area contributed by atoms with E-state index in [-0.39, 0.29) is 12.2 Å². The van der Waals surface area contributed by atoms with E-state index in [2.05, 4.69) is 15.9 Å². The van der Waals surface area contributed by atoms with Crippen molar-refractivity contribution in [1.82, 2.24) is 0 Å². The number of hydrogen-bond acceptors (Lipinski definition) is 3. The molecule has 0 saturated heterocycles. The van der Waals surface area contributed by atoms with E-state index in [4.69, 9.17) is 0 Å². The van der Waals surface area contributed by atoms with Crippen LogP contribution in [0.15, 0.2) is 40.9 Å². The van der Waals surface area contributed by atoms with Gasteiger partial charge < -0.3 is 10.0 Å². The van der Waals surface area contributed by atoms with Crippen molar-refractivity contribution in [3.05, 3.63) is 63.1 Å². The maximum absolute atomic E-state index is 13.1. The fourth-order valence-electron chi connectivity index (χ4n) is 4.38. The molecule has 0 radical (unpaired) electrons. The smallest absolute Gasteiger partial charge is 0.264 e. The highest BCUT2D eigenvalue weighted by Crippen LogP contribution is 2.44. The second kappa shape index (κ2) is 7.45. The number of anilines is 1. The second-order valence-electron chi connectivity index (χ2n) is 7.77. The van der Waals surface area contributed by atoms with Crippen molar-refractivity contribution >= 4 is 33.3 Å². The van der Waals surface area contributed by atoms with E-state index in [0.717, 1.165) is 30.2 Å². The van der Waals surface area contributed by atoms with Gasteiger partial charge in [-0.25, -0.2) is 0 Å². The normalized spacial score (nSPS) is 20.8. The zero-order valence-electron chi connectivity index (χ0n) is 16.0. The van der Waals surface area contributed by atoms with Crippen molar-refractivity contribution in [1.29, 1.82) is 0 Å². The van der Waals surface area contributed by atoms with Gasteiger partial charge in [-0.1, -0.05) is 35.0 Å².